The molecule has 206 valence electrons. The molecule has 0 bridgehead atoms. The molecule has 1 aliphatic rings. The van der Waals surface area contributed by atoms with Crippen molar-refractivity contribution in [3.05, 3.63) is 72.1 Å². The summed E-state index contributed by atoms with van der Waals surface area (Å²) < 4.78 is 1.65. The lowest BCUT2D eigenvalue weighted by molar-refractivity contribution is 0.216. The third-order valence-corrected chi connectivity index (χ3v) is 6.47. The maximum absolute atomic E-state index is 12.8. The highest BCUT2D eigenvalue weighted by Crippen LogP contribution is 2.29. The Morgan fingerprint density at radius 3 is 2.56 bits per heavy atom. The summed E-state index contributed by atoms with van der Waals surface area (Å²) >= 11 is 6.13. The molecule has 5 rings (SSSR count). The zero-order chi connectivity index (χ0) is 27.8. The van der Waals surface area contributed by atoms with Crippen molar-refractivity contribution in [2.45, 2.75) is 45.8 Å². The number of halogens is 1. The van der Waals surface area contributed by atoms with Crippen LogP contribution in [0.3, 0.4) is 0 Å². The van der Waals surface area contributed by atoms with Crippen molar-refractivity contribution in [3.63, 3.8) is 0 Å². The SMILES string of the molecule is CC(C)O.CCNC1CCN(c2ccccc2NC(=O)Nc2cnc3c(-c4cccc(Cl)c4)cnn3c2)CC1. The number of hydrogen-bond acceptors (Lipinski definition) is 6. The molecule has 1 saturated heterocycles. The van der Waals surface area contributed by atoms with Crippen molar-refractivity contribution >= 4 is 40.3 Å². The molecule has 1 aliphatic heterocycles. The van der Waals surface area contributed by atoms with Crippen LogP contribution in [0.15, 0.2) is 67.1 Å². The second-order valence-electron chi connectivity index (χ2n) is 9.69. The van der Waals surface area contributed by atoms with Gasteiger partial charge >= 0.3 is 6.03 Å². The highest BCUT2D eigenvalue weighted by molar-refractivity contribution is 6.30. The highest BCUT2D eigenvalue weighted by atomic mass is 35.5. The van der Waals surface area contributed by atoms with E-state index in [1.165, 1.54) is 0 Å². The fourth-order valence-electron chi connectivity index (χ4n) is 4.55. The standard InChI is InChI=1S/C26H28ClN7O.C3H8O/c1-2-28-20-10-12-33(13-11-20)24-9-4-3-8-23(24)32-26(35)31-21-15-29-25-22(16-30-34(25)17-21)18-6-5-7-19(27)14-18;1-3(2)4/h3-9,14-17,20,28H,2,10-13H2,1H3,(H2,31,32,35);3-4H,1-2H3. The van der Waals surface area contributed by atoms with Gasteiger partial charge in [-0.2, -0.15) is 5.10 Å². The Morgan fingerprint density at radius 2 is 1.85 bits per heavy atom. The first-order valence-corrected chi connectivity index (χ1v) is 13.6. The first-order valence-electron chi connectivity index (χ1n) is 13.3. The summed E-state index contributed by atoms with van der Waals surface area (Å²) in [6.07, 6.45) is 7.12. The first kappa shape index (κ1) is 28.4. The van der Waals surface area contributed by atoms with Crippen LogP contribution < -0.4 is 20.9 Å². The largest absolute Gasteiger partial charge is 0.394 e. The molecule has 1 fully saturated rings. The van der Waals surface area contributed by atoms with Crippen LogP contribution in [0.1, 0.15) is 33.6 Å². The van der Waals surface area contributed by atoms with E-state index in [0.29, 0.717) is 22.4 Å². The van der Waals surface area contributed by atoms with E-state index in [0.717, 1.165) is 55.0 Å². The molecule has 2 aromatic heterocycles. The number of aliphatic hydroxyl groups excluding tert-OH is 1. The minimum Gasteiger partial charge on any atom is -0.394 e. The van der Waals surface area contributed by atoms with E-state index in [1.54, 1.807) is 37.0 Å². The molecule has 39 heavy (non-hydrogen) atoms. The average Bonchev–Trinajstić information content (AvgIpc) is 3.33. The molecule has 0 spiro atoms. The quantitative estimate of drug-likeness (QED) is 0.247. The molecule has 0 atom stereocenters. The highest BCUT2D eigenvalue weighted by Gasteiger charge is 2.21. The van der Waals surface area contributed by atoms with Crippen LogP contribution in [0.4, 0.5) is 21.9 Å². The van der Waals surface area contributed by atoms with Crippen LogP contribution in [0.2, 0.25) is 5.02 Å². The Balaban J connectivity index is 0.000000826. The van der Waals surface area contributed by atoms with Crippen molar-refractivity contribution in [1.29, 1.82) is 0 Å². The molecule has 0 aliphatic carbocycles. The normalized spacial score (nSPS) is 13.7. The average molecular weight is 550 g/mol. The summed E-state index contributed by atoms with van der Waals surface area (Å²) in [6, 6.07) is 15.7. The number of hydrogen-bond donors (Lipinski definition) is 4. The topological polar surface area (TPSA) is 107 Å². The number of rotatable bonds is 6. The molecule has 3 heterocycles. The second-order valence-corrected chi connectivity index (χ2v) is 10.1. The summed E-state index contributed by atoms with van der Waals surface area (Å²) in [6.45, 7) is 8.48. The molecule has 10 heteroatoms. The number of piperidine rings is 1. The van der Waals surface area contributed by atoms with Gasteiger partial charge in [0, 0.05) is 35.8 Å². The van der Waals surface area contributed by atoms with Gasteiger partial charge in [0.1, 0.15) is 0 Å². The Bertz CT molecular complexity index is 1380. The number of anilines is 3. The Morgan fingerprint density at radius 1 is 1.10 bits per heavy atom. The maximum atomic E-state index is 12.8. The fraction of sp³-hybridized carbons (Fsp3) is 0.345. The van der Waals surface area contributed by atoms with E-state index >= 15 is 0 Å². The molecule has 0 saturated carbocycles. The van der Waals surface area contributed by atoms with Crippen molar-refractivity contribution in [2.24, 2.45) is 0 Å². The molecule has 0 radical (unpaired) electrons. The number of aliphatic hydroxyl groups is 1. The van der Waals surface area contributed by atoms with Crippen molar-refractivity contribution < 1.29 is 9.90 Å². The molecule has 9 nitrogen and oxygen atoms in total. The monoisotopic (exact) mass is 549 g/mol. The van der Waals surface area contributed by atoms with Gasteiger partial charge in [0.2, 0.25) is 0 Å². The molecule has 0 unspecified atom stereocenters. The number of nitrogens with zero attached hydrogens (tertiary/aromatic N) is 4. The molecular formula is C29H36ClN7O2. The van der Waals surface area contributed by atoms with Crippen molar-refractivity contribution in [2.75, 3.05) is 35.2 Å². The maximum Gasteiger partial charge on any atom is 0.323 e. The summed E-state index contributed by atoms with van der Waals surface area (Å²) in [5.74, 6) is 0. The number of carbonyl (C=O) groups excluding carboxylic acids is 1. The second kappa shape index (κ2) is 13.4. The van der Waals surface area contributed by atoms with Crippen molar-refractivity contribution in [1.82, 2.24) is 19.9 Å². The van der Waals surface area contributed by atoms with Gasteiger partial charge in [-0.15, -0.1) is 0 Å². The number of para-hydroxylation sites is 2. The van der Waals surface area contributed by atoms with Gasteiger partial charge in [-0.05, 0) is 63.1 Å². The summed E-state index contributed by atoms with van der Waals surface area (Å²) in [5.41, 5.74) is 4.84. The first-order chi connectivity index (χ1) is 18.8. The predicted molar refractivity (Wildman–Crippen MR) is 159 cm³/mol. The van der Waals surface area contributed by atoms with E-state index in [9.17, 15) is 4.79 Å². The van der Waals surface area contributed by atoms with Gasteiger partial charge in [0.15, 0.2) is 5.65 Å². The van der Waals surface area contributed by atoms with Crippen LogP contribution in [-0.4, -0.2) is 57.5 Å². The number of urea groups is 1. The number of fused-ring (bicyclic) bond motifs is 1. The van der Waals surface area contributed by atoms with Crippen molar-refractivity contribution in [3.8, 4) is 11.1 Å². The van der Waals surface area contributed by atoms with Gasteiger partial charge in [-0.3, -0.25) is 0 Å². The number of benzene rings is 2. The zero-order valence-corrected chi connectivity index (χ0v) is 23.3. The summed E-state index contributed by atoms with van der Waals surface area (Å²) in [5, 5.41) is 22.5. The van der Waals surface area contributed by atoms with E-state index in [1.807, 2.05) is 42.5 Å². The van der Waals surface area contributed by atoms with E-state index < -0.39 is 0 Å². The van der Waals surface area contributed by atoms with Crippen LogP contribution in [0, 0.1) is 0 Å². The summed E-state index contributed by atoms with van der Waals surface area (Å²) in [7, 11) is 0. The fourth-order valence-corrected chi connectivity index (χ4v) is 4.74. The molecule has 4 aromatic rings. The Labute approximate surface area is 234 Å². The van der Waals surface area contributed by atoms with Gasteiger partial charge in [-0.25, -0.2) is 14.3 Å². The molecule has 2 amide bonds. The van der Waals surface area contributed by atoms with E-state index in [-0.39, 0.29) is 12.1 Å². The predicted octanol–water partition coefficient (Wildman–Crippen LogP) is 5.66. The van der Waals surface area contributed by atoms with Crippen LogP contribution in [0.25, 0.3) is 16.8 Å². The molecular weight excluding hydrogens is 514 g/mol. The minimum absolute atomic E-state index is 0.167. The van der Waals surface area contributed by atoms with Crippen LogP contribution in [-0.2, 0) is 0 Å². The van der Waals surface area contributed by atoms with Crippen LogP contribution >= 0.6 is 11.6 Å². The molecule has 2 aromatic carbocycles. The van der Waals surface area contributed by atoms with Gasteiger partial charge in [-0.1, -0.05) is 42.8 Å². The zero-order valence-electron chi connectivity index (χ0n) is 22.6. The summed E-state index contributed by atoms with van der Waals surface area (Å²) in [4.78, 5) is 19.7. The molecule has 4 N–H and O–H groups in total. The van der Waals surface area contributed by atoms with Gasteiger partial charge < -0.3 is 26.0 Å². The lowest BCUT2D eigenvalue weighted by Crippen LogP contribution is -2.42. The number of carbonyl (C=O) groups is 1. The van der Waals surface area contributed by atoms with Gasteiger partial charge in [0.05, 0.1) is 35.7 Å². The lowest BCUT2D eigenvalue weighted by Gasteiger charge is -2.35. The Hall–Kier alpha value is -3.66. The number of aromatic nitrogens is 3. The lowest BCUT2D eigenvalue weighted by atomic mass is 10.0. The third kappa shape index (κ3) is 7.69. The smallest absolute Gasteiger partial charge is 0.323 e. The number of nitrogens with one attached hydrogen (secondary N) is 3. The van der Waals surface area contributed by atoms with E-state index in [2.05, 4.69) is 43.9 Å². The minimum atomic E-state index is -0.330. The Kier molecular flexibility index (Phi) is 9.75. The van der Waals surface area contributed by atoms with Crippen LogP contribution in [0.5, 0.6) is 0 Å². The van der Waals surface area contributed by atoms with E-state index in [4.69, 9.17) is 16.7 Å². The van der Waals surface area contributed by atoms with Gasteiger partial charge in [0.25, 0.3) is 0 Å². The third-order valence-electron chi connectivity index (χ3n) is 6.23. The number of amides is 2.